The summed E-state index contributed by atoms with van der Waals surface area (Å²) >= 11 is 0. The number of rotatable bonds is 2. The number of nitrogens with zero attached hydrogens (tertiary/aromatic N) is 1. The molecule has 3 fully saturated rings. The highest BCUT2D eigenvalue weighted by Crippen LogP contribution is 2.41. The van der Waals surface area contributed by atoms with Crippen LogP contribution in [0.15, 0.2) is 0 Å². The van der Waals surface area contributed by atoms with Crippen LogP contribution in [0.1, 0.15) is 58.3 Å². The molecule has 3 aliphatic rings. The van der Waals surface area contributed by atoms with E-state index in [0.29, 0.717) is 6.04 Å². The Morgan fingerprint density at radius 2 is 1.56 bits per heavy atom. The molecule has 0 aromatic heterocycles. The predicted octanol–water partition coefficient (Wildman–Crippen LogP) is 2.52. The average molecular weight is 222 g/mol. The Labute approximate surface area is 99.6 Å². The van der Waals surface area contributed by atoms with Crippen molar-refractivity contribution >= 4 is 0 Å². The molecule has 2 aliphatic heterocycles. The van der Waals surface area contributed by atoms with Gasteiger partial charge in [0.05, 0.1) is 0 Å². The van der Waals surface area contributed by atoms with Gasteiger partial charge in [-0.2, -0.15) is 0 Å². The van der Waals surface area contributed by atoms with Crippen LogP contribution in [-0.4, -0.2) is 29.1 Å². The van der Waals surface area contributed by atoms with Crippen molar-refractivity contribution in [3.05, 3.63) is 0 Å². The smallest absolute Gasteiger partial charge is 0.0116 e. The molecular weight excluding hydrogens is 196 g/mol. The first-order valence-corrected chi connectivity index (χ1v) is 7.28. The van der Waals surface area contributed by atoms with Gasteiger partial charge in [-0.1, -0.05) is 12.8 Å². The van der Waals surface area contributed by atoms with Crippen LogP contribution in [0.25, 0.3) is 0 Å². The van der Waals surface area contributed by atoms with Gasteiger partial charge in [-0.3, -0.25) is 4.90 Å². The molecule has 3 unspecified atom stereocenters. The Bertz CT molecular complexity index is 233. The molecule has 16 heavy (non-hydrogen) atoms. The molecule has 0 aromatic carbocycles. The molecule has 1 aliphatic carbocycles. The van der Waals surface area contributed by atoms with Gasteiger partial charge in [-0.25, -0.2) is 0 Å². The summed E-state index contributed by atoms with van der Waals surface area (Å²) in [5, 5.41) is 0. The fraction of sp³-hybridized carbons (Fsp3) is 1.00. The van der Waals surface area contributed by atoms with Crippen molar-refractivity contribution < 1.29 is 0 Å². The summed E-state index contributed by atoms with van der Waals surface area (Å²) in [6.45, 7) is 2.48. The highest BCUT2D eigenvalue weighted by atomic mass is 15.3. The topological polar surface area (TPSA) is 29.3 Å². The van der Waals surface area contributed by atoms with Gasteiger partial charge in [-0.05, 0) is 51.4 Å². The van der Waals surface area contributed by atoms with Crippen LogP contribution >= 0.6 is 0 Å². The van der Waals surface area contributed by atoms with E-state index in [0.717, 1.165) is 24.0 Å². The second-order valence-corrected chi connectivity index (χ2v) is 6.35. The zero-order chi connectivity index (χ0) is 11.1. The molecule has 0 amide bonds. The van der Waals surface area contributed by atoms with Crippen molar-refractivity contribution in [3.63, 3.8) is 0 Å². The van der Waals surface area contributed by atoms with Crippen LogP contribution in [0.5, 0.6) is 0 Å². The van der Waals surface area contributed by atoms with E-state index in [1.54, 1.807) is 0 Å². The third kappa shape index (κ3) is 1.80. The van der Waals surface area contributed by atoms with Gasteiger partial charge in [0.15, 0.2) is 0 Å². The van der Waals surface area contributed by atoms with Gasteiger partial charge < -0.3 is 5.73 Å². The van der Waals surface area contributed by atoms with E-state index in [2.05, 4.69) is 11.8 Å². The molecule has 3 rings (SSSR count). The molecule has 1 saturated carbocycles. The van der Waals surface area contributed by atoms with Crippen molar-refractivity contribution in [2.75, 3.05) is 0 Å². The van der Waals surface area contributed by atoms with E-state index in [9.17, 15) is 0 Å². The highest BCUT2D eigenvalue weighted by Gasteiger charge is 2.43. The van der Waals surface area contributed by atoms with Crippen LogP contribution in [0.3, 0.4) is 0 Å². The zero-order valence-electron chi connectivity index (χ0n) is 10.6. The molecule has 2 nitrogen and oxygen atoms in total. The molecule has 3 atom stereocenters. The summed E-state index contributed by atoms with van der Waals surface area (Å²) in [6.07, 6.45) is 11.2. The van der Waals surface area contributed by atoms with Crippen LogP contribution in [-0.2, 0) is 0 Å². The van der Waals surface area contributed by atoms with E-state index in [-0.39, 0.29) is 0 Å². The highest BCUT2D eigenvalue weighted by molar-refractivity contribution is 4.99. The quantitative estimate of drug-likeness (QED) is 0.778. The lowest BCUT2D eigenvalue weighted by atomic mass is 9.91. The first kappa shape index (κ1) is 11.0. The normalized spacial score (nSPS) is 42.8. The maximum atomic E-state index is 6.14. The number of hydrogen-bond acceptors (Lipinski definition) is 2. The van der Waals surface area contributed by atoms with Crippen molar-refractivity contribution in [3.8, 4) is 0 Å². The minimum atomic E-state index is 0.490. The molecule has 0 spiro atoms. The van der Waals surface area contributed by atoms with Crippen LogP contribution < -0.4 is 5.73 Å². The molecular formula is C14H26N2. The monoisotopic (exact) mass is 222 g/mol. The van der Waals surface area contributed by atoms with Gasteiger partial charge in [0.25, 0.3) is 0 Å². The fourth-order valence-electron chi connectivity index (χ4n) is 4.60. The second kappa shape index (κ2) is 4.30. The summed E-state index contributed by atoms with van der Waals surface area (Å²) in [4.78, 5) is 2.86. The lowest BCUT2D eigenvalue weighted by Crippen LogP contribution is -2.52. The van der Waals surface area contributed by atoms with E-state index >= 15 is 0 Å². The summed E-state index contributed by atoms with van der Waals surface area (Å²) in [5.41, 5.74) is 6.14. The summed E-state index contributed by atoms with van der Waals surface area (Å²) < 4.78 is 0. The standard InChI is InChI=1S/C14H26N2/c1-10(11-4-2-3-5-11)16-13-6-7-14(16)9-12(15)8-13/h10-14H,2-9,15H2,1H3. The van der Waals surface area contributed by atoms with Crippen molar-refractivity contribution in [1.82, 2.24) is 4.90 Å². The fourth-order valence-corrected chi connectivity index (χ4v) is 4.60. The average Bonchev–Trinajstić information content (AvgIpc) is 2.85. The largest absolute Gasteiger partial charge is 0.328 e. The molecule has 2 N–H and O–H groups in total. The molecule has 2 heterocycles. The van der Waals surface area contributed by atoms with Gasteiger partial charge in [-0.15, -0.1) is 0 Å². The lowest BCUT2D eigenvalue weighted by molar-refractivity contribution is 0.0568. The SMILES string of the molecule is CC(C1CCCC1)N1C2CCC1CC(N)C2. The maximum Gasteiger partial charge on any atom is 0.0116 e. The Hall–Kier alpha value is -0.0800. The number of nitrogens with two attached hydrogens (primary N) is 1. The predicted molar refractivity (Wildman–Crippen MR) is 67.3 cm³/mol. The third-order valence-corrected chi connectivity index (χ3v) is 5.38. The molecule has 92 valence electrons. The van der Waals surface area contributed by atoms with Gasteiger partial charge in [0.2, 0.25) is 0 Å². The lowest BCUT2D eigenvalue weighted by Gasteiger charge is -2.43. The Balaban J connectivity index is 1.70. The Morgan fingerprint density at radius 1 is 1.00 bits per heavy atom. The first-order chi connectivity index (χ1) is 7.75. The van der Waals surface area contributed by atoms with E-state index in [4.69, 9.17) is 5.73 Å². The molecule has 0 aromatic rings. The molecule has 0 radical (unpaired) electrons. The zero-order valence-corrected chi connectivity index (χ0v) is 10.6. The van der Waals surface area contributed by atoms with E-state index < -0.39 is 0 Å². The Morgan fingerprint density at radius 3 is 2.12 bits per heavy atom. The van der Waals surface area contributed by atoms with Crippen LogP contribution in [0.2, 0.25) is 0 Å². The van der Waals surface area contributed by atoms with Gasteiger partial charge in [0.1, 0.15) is 0 Å². The van der Waals surface area contributed by atoms with Crippen molar-refractivity contribution in [1.29, 1.82) is 0 Å². The van der Waals surface area contributed by atoms with Crippen molar-refractivity contribution in [2.45, 2.75) is 82.5 Å². The Kier molecular flexibility index (Phi) is 2.97. The summed E-state index contributed by atoms with van der Waals surface area (Å²) in [5.74, 6) is 0.984. The minimum absolute atomic E-state index is 0.490. The van der Waals surface area contributed by atoms with Gasteiger partial charge >= 0.3 is 0 Å². The van der Waals surface area contributed by atoms with Crippen molar-refractivity contribution in [2.24, 2.45) is 11.7 Å². The number of hydrogen-bond donors (Lipinski definition) is 1. The van der Waals surface area contributed by atoms with Crippen LogP contribution in [0.4, 0.5) is 0 Å². The maximum absolute atomic E-state index is 6.14. The number of piperidine rings is 1. The molecule has 2 saturated heterocycles. The molecule has 2 bridgehead atoms. The summed E-state index contributed by atoms with van der Waals surface area (Å²) in [6, 6.07) is 2.96. The van der Waals surface area contributed by atoms with Crippen LogP contribution in [0, 0.1) is 5.92 Å². The van der Waals surface area contributed by atoms with Gasteiger partial charge in [0, 0.05) is 24.2 Å². The second-order valence-electron chi connectivity index (χ2n) is 6.35. The van der Waals surface area contributed by atoms with E-state index in [1.807, 2.05) is 0 Å². The first-order valence-electron chi connectivity index (χ1n) is 7.28. The molecule has 2 heteroatoms. The number of fused-ring (bicyclic) bond motifs is 2. The third-order valence-electron chi connectivity index (χ3n) is 5.38. The van der Waals surface area contributed by atoms with E-state index in [1.165, 1.54) is 51.4 Å². The summed E-state index contributed by atoms with van der Waals surface area (Å²) in [7, 11) is 0. The minimum Gasteiger partial charge on any atom is -0.328 e.